The highest BCUT2D eigenvalue weighted by Crippen LogP contribution is 2.24. The largest absolute Gasteiger partial charge is 0.497 e. The molecule has 0 radical (unpaired) electrons. The third-order valence-corrected chi connectivity index (χ3v) is 3.53. The maximum atomic E-state index is 10.4. The molecule has 0 saturated heterocycles. The number of allylic oxidation sites excluding steroid dienone is 1. The van der Waals surface area contributed by atoms with Gasteiger partial charge in [0.2, 0.25) is 0 Å². The number of aliphatic hydroxyl groups is 1. The zero-order valence-electron chi connectivity index (χ0n) is 13.0. The first kappa shape index (κ1) is 16.1. The number of hydrogen-bond acceptors (Lipinski definition) is 3. The van der Waals surface area contributed by atoms with Gasteiger partial charge < -0.3 is 14.6 Å². The van der Waals surface area contributed by atoms with E-state index in [1.54, 1.807) is 7.11 Å². The van der Waals surface area contributed by atoms with Gasteiger partial charge in [-0.25, -0.2) is 0 Å². The van der Waals surface area contributed by atoms with E-state index in [4.69, 9.17) is 9.47 Å². The van der Waals surface area contributed by atoms with Crippen molar-refractivity contribution >= 4 is 0 Å². The zero-order chi connectivity index (χ0) is 15.9. The topological polar surface area (TPSA) is 38.7 Å². The van der Waals surface area contributed by atoms with Crippen LogP contribution in [0, 0.1) is 0 Å². The van der Waals surface area contributed by atoms with E-state index in [1.807, 2.05) is 61.5 Å². The lowest BCUT2D eigenvalue weighted by atomic mass is 10.1. The molecule has 22 heavy (non-hydrogen) atoms. The van der Waals surface area contributed by atoms with E-state index in [1.165, 1.54) is 5.56 Å². The van der Waals surface area contributed by atoms with Gasteiger partial charge in [0.25, 0.3) is 0 Å². The molecular formula is C19H22O3. The highest BCUT2D eigenvalue weighted by atomic mass is 16.5. The predicted molar refractivity (Wildman–Crippen MR) is 88.4 cm³/mol. The Kier molecular flexibility index (Phi) is 5.61. The van der Waals surface area contributed by atoms with E-state index >= 15 is 0 Å². The molecule has 3 nitrogen and oxygen atoms in total. The van der Waals surface area contributed by atoms with Crippen molar-refractivity contribution in [2.24, 2.45) is 0 Å². The Morgan fingerprint density at radius 2 is 1.64 bits per heavy atom. The number of ether oxygens (including phenoxy) is 2. The summed E-state index contributed by atoms with van der Waals surface area (Å²) in [7, 11) is 1.62. The van der Waals surface area contributed by atoms with Crippen LogP contribution in [-0.2, 0) is 6.42 Å². The molecule has 2 unspecified atom stereocenters. The summed E-state index contributed by atoms with van der Waals surface area (Å²) in [5, 5.41) is 10.4. The Labute approximate surface area is 131 Å². The lowest BCUT2D eigenvalue weighted by Crippen LogP contribution is -2.21. The Hall–Kier alpha value is -2.26. The van der Waals surface area contributed by atoms with Gasteiger partial charge in [-0.05, 0) is 48.7 Å². The summed E-state index contributed by atoms with van der Waals surface area (Å²) in [6.07, 6.45) is 1.66. The number of aliphatic hydroxyl groups excluding tert-OH is 1. The third-order valence-electron chi connectivity index (χ3n) is 3.53. The molecular weight excluding hydrogens is 276 g/mol. The molecule has 0 amide bonds. The van der Waals surface area contributed by atoms with E-state index in [2.05, 4.69) is 6.58 Å². The number of benzene rings is 2. The van der Waals surface area contributed by atoms with Crippen molar-refractivity contribution < 1.29 is 14.6 Å². The van der Waals surface area contributed by atoms with Crippen LogP contribution in [0.4, 0.5) is 0 Å². The number of hydrogen-bond donors (Lipinski definition) is 1. The van der Waals surface area contributed by atoms with Crippen LogP contribution in [0.25, 0.3) is 0 Å². The summed E-state index contributed by atoms with van der Waals surface area (Å²) in [6, 6.07) is 15.2. The summed E-state index contributed by atoms with van der Waals surface area (Å²) in [6.45, 7) is 5.58. The van der Waals surface area contributed by atoms with Crippen LogP contribution in [0.15, 0.2) is 61.2 Å². The van der Waals surface area contributed by atoms with Crippen LogP contribution < -0.4 is 9.47 Å². The Balaban J connectivity index is 2.00. The van der Waals surface area contributed by atoms with Crippen molar-refractivity contribution in [3.63, 3.8) is 0 Å². The van der Waals surface area contributed by atoms with E-state index in [9.17, 15) is 5.11 Å². The van der Waals surface area contributed by atoms with Gasteiger partial charge in [-0.1, -0.05) is 30.3 Å². The standard InChI is InChI=1S/C19H22O3/c1-4-5-15-6-10-18(11-7-15)22-14(2)19(20)16-8-12-17(21-3)13-9-16/h4,6-14,19-20H,1,5H2,2-3H3. The highest BCUT2D eigenvalue weighted by molar-refractivity contribution is 5.30. The second kappa shape index (κ2) is 7.66. The smallest absolute Gasteiger partial charge is 0.126 e. The molecule has 116 valence electrons. The molecule has 0 saturated carbocycles. The second-order valence-electron chi connectivity index (χ2n) is 5.18. The molecule has 2 aromatic carbocycles. The quantitative estimate of drug-likeness (QED) is 0.787. The third kappa shape index (κ3) is 4.12. The first-order valence-electron chi connectivity index (χ1n) is 7.32. The zero-order valence-corrected chi connectivity index (χ0v) is 13.0. The summed E-state index contributed by atoms with van der Waals surface area (Å²) in [5.41, 5.74) is 1.99. The Bertz CT molecular complexity index is 587. The fourth-order valence-corrected chi connectivity index (χ4v) is 2.22. The van der Waals surface area contributed by atoms with Crippen molar-refractivity contribution in [1.82, 2.24) is 0 Å². The van der Waals surface area contributed by atoms with E-state index in [0.29, 0.717) is 0 Å². The maximum Gasteiger partial charge on any atom is 0.126 e. The van der Waals surface area contributed by atoms with Crippen LogP contribution >= 0.6 is 0 Å². The Morgan fingerprint density at radius 1 is 1.05 bits per heavy atom. The van der Waals surface area contributed by atoms with Gasteiger partial charge in [-0.3, -0.25) is 0 Å². The molecule has 2 atom stereocenters. The van der Waals surface area contributed by atoms with Crippen molar-refractivity contribution in [2.75, 3.05) is 7.11 Å². The molecule has 0 aliphatic rings. The van der Waals surface area contributed by atoms with Gasteiger partial charge in [0, 0.05) is 0 Å². The van der Waals surface area contributed by atoms with E-state index in [0.717, 1.165) is 23.5 Å². The fraction of sp³-hybridized carbons (Fsp3) is 0.263. The first-order valence-corrected chi connectivity index (χ1v) is 7.32. The van der Waals surface area contributed by atoms with E-state index in [-0.39, 0.29) is 6.10 Å². The molecule has 0 bridgehead atoms. The van der Waals surface area contributed by atoms with Gasteiger partial charge in [0.05, 0.1) is 7.11 Å². The van der Waals surface area contributed by atoms with Crippen LogP contribution in [0.2, 0.25) is 0 Å². The molecule has 0 aliphatic carbocycles. The summed E-state index contributed by atoms with van der Waals surface area (Å²) in [5.74, 6) is 1.51. The summed E-state index contributed by atoms with van der Waals surface area (Å²) < 4.78 is 10.9. The predicted octanol–water partition coefficient (Wildman–Crippen LogP) is 3.92. The van der Waals surface area contributed by atoms with Gasteiger partial charge >= 0.3 is 0 Å². The van der Waals surface area contributed by atoms with Crippen molar-refractivity contribution in [3.8, 4) is 11.5 Å². The van der Waals surface area contributed by atoms with Gasteiger partial charge in [0.15, 0.2) is 0 Å². The molecule has 0 heterocycles. The lowest BCUT2D eigenvalue weighted by molar-refractivity contribution is 0.0467. The minimum Gasteiger partial charge on any atom is -0.497 e. The van der Waals surface area contributed by atoms with Gasteiger partial charge in [-0.15, -0.1) is 6.58 Å². The molecule has 2 aromatic rings. The monoisotopic (exact) mass is 298 g/mol. The number of rotatable bonds is 7. The average Bonchev–Trinajstić information content (AvgIpc) is 2.56. The van der Waals surface area contributed by atoms with Crippen LogP contribution in [-0.4, -0.2) is 18.3 Å². The normalized spacial score (nSPS) is 13.2. The summed E-state index contributed by atoms with van der Waals surface area (Å²) >= 11 is 0. The molecule has 0 spiro atoms. The van der Waals surface area contributed by atoms with Crippen LogP contribution in [0.1, 0.15) is 24.2 Å². The van der Waals surface area contributed by atoms with Gasteiger partial charge in [0.1, 0.15) is 23.7 Å². The fourth-order valence-electron chi connectivity index (χ4n) is 2.22. The second-order valence-corrected chi connectivity index (χ2v) is 5.18. The molecule has 0 aromatic heterocycles. The highest BCUT2D eigenvalue weighted by Gasteiger charge is 2.18. The molecule has 3 heteroatoms. The minimum atomic E-state index is -0.696. The lowest BCUT2D eigenvalue weighted by Gasteiger charge is -2.21. The maximum absolute atomic E-state index is 10.4. The molecule has 2 rings (SSSR count). The molecule has 0 aliphatic heterocycles. The van der Waals surface area contributed by atoms with E-state index < -0.39 is 6.10 Å². The van der Waals surface area contributed by atoms with Gasteiger partial charge in [-0.2, -0.15) is 0 Å². The van der Waals surface area contributed by atoms with Crippen molar-refractivity contribution in [2.45, 2.75) is 25.6 Å². The first-order chi connectivity index (χ1) is 10.6. The van der Waals surface area contributed by atoms with Crippen molar-refractivity contribution in [1.29, 1.82) is 0 Å². The minimum absolute atomic E-state index is 0.348. The van der Waals surface area contributed by atoms with Crippen molar-refractivity contribution in [3.05, 3.63) is 72.3 Å². The van der Waals surface area contributed by atoms with Crippen LogP contribution in [0.3, 0.4) is 0 Å². The average molecular weight is 298 g/mol. The molecule has 1 N–H and O–H groups in total. The summed E-state index contributed by atoms with van der Waals surface area (Å²) in [4.78, 5) is 0. The Morgan fingerprint density at radius 3 is 2.18 bits per heavy atom. The SMILES string of the molecule is C=CCc1ccc(OC(C)C(O)c2ccc(OC)cc2)cc1. The van der Waals surface area contributed by atoms with Crippen LogP contribution in [0.5, 0.6) is 11.5 Å². The molecule has 0 fully saturated rings. The number of methoxy groups -OCH3 is 1.